The normalized spacial score (nSPS) is 26.8. The number of sulfonamides is 1. The maximum absolute atomic E-state index is 12.1. The van der Waals surface area contributed by atoms with Gasteiger partial charge < -0.3 is 5.32 Å². The van der Waals surface area contributed by atoms with Crippen molar-refractivity contribution in [3.05, 3.63) is 30.3 Å². The van der Waals surface area contributed by atoms with E-state index >= 15 is 0 Å². The van der Waals surface area contributed by atoms with Crippen LogP contribution in [-0.2, 0) is 14.8 Å². The fraction of sp³-hybridized carbons (Fsp3) is 0.562. The van der Waals surface area contributed by atoms with E-state index in [0.29, 0.717) is 17.5 Å². The summed E-state index contributed by atoms with van der Waals surface area (Å²) in [5, 5.41) is 2.78. The van der Waals surface area contributed by atoms with Gasteiger partial charge in [-0.15, -0.1) is 0 Å². The molecule has 6 heteroatoms. The molecule has 2 N–H and O–H groups in total. The molecule has 0 saturated heterocycles. The Kier molecular flexibility index (Phi) is 4.38. The molecular formula is C16H22N2O3S. The quantitative estimate of drug-likeness (QED) is 0.841. The number of amides is 1. The second-order valence-electron chi connectivity index (χ2n) is 6.22. The van der Waals surface area contributed by atoms with E-state index in [1.165, 1.54) is 12.8 Å². The molecule has 3 rings (SSSR count). The van der Waals surface area contributed by atoms with Gasteiger partial charge in [0, 0.05) is 18.2 Å². The maximum Gasteiger partial charge on any atom is 0.234 e. The summed E-state index contributed by atoms with van der Waals surface area (Å²) >= 11 is 0. The lowest BCUT2D eigenvalue weighted by atomic mass is 10.0. The van der Waals surface area contributed by atoms with Crippen LogP contribution in [0.1, 0.15) is 25.7 Å². The summed E-state index contributed by atoms with van der Waals surface area (Å²) < 4.78 is 26.4. The van der Waals surface area contributed by atoms with Crippen LogP contribution in [0, 0.1) is 17.8 Å². The van der Waals surface area contributed by atoms with Gasteiger partial charge >= 0.3 is 0 Å². The zero-order valence-corrected chi connectivity index (χ0v) is 13.3. The van der Waals surface area contributed by atoms with Crippen LogP contribution in [0.3, 0.4) is 0 Å². The third kappa shape index (κ3) is 3.61. The van der Waals surface area contributed by atoms with Crippen molar-refractivity contribution in [2.24, 2.45) is 17.8 Å². The Bertz CT molecular complexity index is 618. The van der Waals surface area contributed by atoms with Crippen molar-refractivity contribution in [1.29, 1.82) is 0 Å². The fourth-order valence-electron chi connectivity index (χ4n) is 3.54. The lowest BCUT2D eigenvalue weighted by Gasteiger charge is -2.08. The van der Waals surface area contributed by atoms with Gasteiger partial charge in [0.25, 0.3) is 0 Å². The third-order valence-corrected chi connectivity index (χ3v) is 5.96. The Morgan fingerprint density at radius 2 is 1.73 bits per heavy atom. The molecular weight excluding hydrogens is 300 g/mol. The van der Waals surface area contributed by atoms with Crippen molar-refractivity contribution in [3.63, 3.8) is 0 Å². The molecule has 22 heavy (non-hydrogen) atoms. The van der Waals surface area contributed by atoms with E-state index in [1.54, 1.807) is 24.3 Å². The van der Waals surface area contributed by atoms with Gasteiger partial charge in [0.05, 0.1) is 5.75 Å². The van der Waals surface area contributed by atoms with Crippen molar-refractivity contribution in [3.8, 4) is 0 Å². The van der Waals surface area contributed by atoms with Crippen molar-refractivity contribution in [2.75, 3.05) is 17.0 Å². The zero-order valence-electron chi connectivity index (χ0n) is 12.5. The lowest BCUT2D eigenvalue weighted by Crippen LogP contribution is -2.32. The molecule has 0 spiro atoms. The lowest BCUT2D eigenvalue weighted by molar-refractivity contribution is -0.122. The molecule has 1 aromatic rings. The molecule has 5 nitrogen and oxygen atoms in total. The van der Waals surface area contributed by atoms with Crippen molar-refractivity contribution in [2.45, 2.75) is 25.7 Å². The van der Waals surface area contributed by atoms with Crippen molar-refractivity contribution in [1.82, 2.24) is 5.32 Å². The number of hydrogen-bond donors (Lipinski definition) is 2. The van der Waals surface area contributed by atoms with Crippen LogP contribution in [0.2, 0.25) is 0 Å². The molecule has 2 fully saturated rings. The first kappa shape index (κ1) is 15.3. The van der Waals surface area contributed by atoms with E-state index in [2.05, 4.69) is 10.0 Å². The Morgan fingerprint density at radius 3 is 2.36 bits per heavy atom. The monoisotopic (exact) mass is 322 g/mol. The largest absolute Gasteiger partial charge is 0.355 e. The summed E-state index contributed by atoms with van der Waals surface area (Å²) in [7, 11) is -3.43. The molecule has 120 valence electrons. The molecule has 0 aliphatic heterocycles. The summed E-state index contributed by atoms with van der Waals surface area (Å²) in [5.41, 5.74) is 0.544. The molecule has 2 aliphatic carbocycles. The summed E-state index contributed by atoms with van der Waals surface area (Å²) in [6, 6.07) is 8.77. The molecule has 0 radical (unpaired) electrons. The number of rotatable bonds is 6. The van der Waals surface area contributed by atoms with Gasteiger partial charge in [-0.25, -0.2) is 8.42 Å². The maximum atomic E-state index is 12.1. The van der Waals surface area contributed by atoms with E-state index in [-0.39, 0.29) is 24.1 Å². The number of para-hydroxylation sites is 1. The number of carbonyl (C=O) groups is 1. The predicted molar refractivity (Wildman–Crippen MR) is 85.8 cm³/mol. The van der Waals surface area contributed by atoms with Gasteiger partial charge in [-0.05, 0) is 36.8 Å². The number of hydrogen-bond acceptors (Lipinski definition) is 3. The molecule has 1 amide bonds. The highest BCUT2D eigenvalue weighted by molar-refractivity contribution is 7.92. The smallest absolute Gasteiger partial charge is 0.234 e. The zero-order chi connectivity index (χ0) is 15.6. The van der Waals surface area contributed by atoms with E-state index in [4.69, 9.17) is 0 Å². The standard InChI is InChI=1S/C16H22N2O3S/c19-16(15-13-8-4-5-9-14(13)15)17-10-11-22(20,21)18-12-6-2-1-3-7-12/h1-3,6-7,13-15,18H,4-5,8-11H2,(H,17,19)/t13-,14-/m0/s1. The number of anilines is 1. The second-order valence-corrected chi connectivity index (χ2v) is 8.06. The third-order valence-electron chi connectivity index (χ3n) is 4.68. The summed E-state index contributed by atoms with van der Waals surface area (Å²) in [6.07, 6.45) is 4.74. The van der Waals surface area contributed by atoms with Crippen LogP contribution in [0.4, 0.5) is 5.69 Å². The first-order valence-electron chi connectivity index (χ1n) is 7.90. The summed E-state index contributed by atoms with van der Waals surface area (Å²) in [6.45, 7) is 0.164. The SMILES string of the molecule is O=C(NCCS(=O)(=O)Nc1ccccc1)C1[C@H]2CCCC[C@H]12. The van der Waals surface area contributed by atoms with Crippen LogP contribution in [0.25, 0.3) is 0 Å². The van der Waals surface area contributed by atoms with Crippen molar-refractivity contribution < 1.29 is 13.2 Å². The minimum Gasteiger partial charge on any atom is -0.355 e. The number of fused-ring (bicyclic) bond motifs is 1. The van der Waals surface area contributed by atoms with E-state index < -0.39 is 10.0 Å². The average molecular weight is 322 g/mol. The average Bonchev–Trinajstić information content (AvgIpc) is 3.22. The molecule has 0 unspecified atom stereocenters. The summed E-state index contributed by atoms with van der Waals surface area (Å²) in [4.78, 5) is 12.1. The highest BCUT2D eigenvalue weighted by Crippen LogP contribution is 2.55. The van der Waals surface area contributed by atoms with Gasteiger partial charge in [0.2, 0.25) is 15.9 Å². The first-order valence-corrected chi connectivity index (χ1v) is 9.55. The molecule has 0 bridgehead atoms. The number of benzene rings is 1. The van der Waals surface area contributed by atoms with Gasteiger partial charge in [-0.2, -0.15) is 0 Å². The first-order chi connectivity index (χ1) is 10.6. The summed E-state index contributed by atoms with van der Waals surface area (Å²) in [5.74, 6) is 1.16. The predicted octanol–water partition coefficient (Wildman–Crippen LogP) is 1.98. The van der Waals surface area contributed by atoms with Crippen LogP contribution >= 0.6 is 0 Å². The molecule has 1 aromatic carbocycles. The second kappa shape index (κ2) is 6.28. The minimum absolute atomic E-state index is 0.0341. The Morgan fingerprint density at radius 1 is 1.09 bits per heavy atom. The minimum atomic E-state index is -3.43. The molecule has 0 heterocycles. The van der Waals surface area contributed by atoms with Crippen molar-refractivity contribution >= 4 is 21.6 Å². The molecule has 2 aliphatic rings. The van der Waals surface area contributed by atoms with Crippen LogP contribution in [0.5, 0.6) is 0 Å². The Hall–Kier alpha value is -1.56. The molecule has 2 atom stereocenters. The van der Waals surface area contributed by atoms with Gasteiger partial charge in [-0.3, -0.25) is 9.52 Å². The van der Waals surface area contributed by atoms with E-state index in [1.807, 2.05) is 6.07 Å². The fourth-order valence-corrected chi connectivity index (χ4v) is 4.51. The molecule has 2 saturated carbocycles. The van der Waals surface area contributed by atoms with E-state index in [9.17, 15) is 13.2 Å². The highest BCUT2D eigenvalue weighted by Gasteiger charge is 2.54. The Labute approximate surface area is 131 Å². The Balaban J connectivity index is 1.43. The number of nitrogens with one attached hydrogen (secondary N) is 2. The van der Waals surface area contributed by atoms with Crippen LogP contribution in [-0.4, -0.2) is 26.6 Å². The van der Waals surface area contributed by atoms with Gasteiger partial charge in [-0.1, -0.05) is 31.0 Å². The highest BCUT2D eigenvalue weighted by atomic mass is 32.2. The van der Waals surface area contributed by atoms with Crippen LogP contribution in [0.15, 0.2) is 30.3 Å². The van der Waals surface area contributed by atoms with Gasteiger partial charge in [0.1, 0.15) is 0 Å². The van der Waals surface area contributed by atoms with Crippen LogP contribution < -0.4 is 10.0 Å². The van der Waals surface area contributed by atoms with E-state index in [0.717, 1.165) is 12.8 Å². The number of carbonyl (C=O) groups excluding carboxylic acids is 1. The van der Waals surface area contributed by atoms with Gasteiger partial charge in [0.15, 0.2) is 0 Å². The topological polar surface area (TPSA) is 75.3 Å². The molecule has 0 aromatic heterocycles.